The SMILES string of the molecule is Cc1ccccc1CNc1ccc2n[nH]c(=O)n2n1. The first kappa shape index (κ1) is 11.5. The van der Waals surface area contributed by atoms with Crippen LogP contribution in [0.2, 0.25) is 0 Å². The van der Waals surface area contributed by atoms with Gasteiger partial charge in [-0.1, -0.05) is 24.3 Å². The fourth-order valence-corrected chi connectivity index (χ4v) is 1.89. The van der Waals surface area contributed by atoms with E-state index in [1.165, 1.54) is 15.6 Å². The Morgan fingerprint density at radius 2 is 2.11 bits per heavy atom. The van der Waals surface area contributed by atoms with Gasteiger partial charge >= 0.3 is 5.69 Å². The summed E-state index contributed by atoms with van der Waals surface area (Å²) in [5.74, 6) is 0.638. The van der Waals surface area contributed by atoms with Gasteiger partial charge in [0.05, 0.1) is 0 Å². The fourth-order valence-electron chi connectivity index (χ4n) is 1.89. The smallest absolute Gasteiger partial charge is 0.364 e. The van der Waals surface area contributed by atoms with Crippen molar-refractivity contribution in [2.45, 2.75) is 13.5 Å². The zero-order valence-electron chi connectivity index (χ0n) is 10.4. The van der Waals surface area contributed by atoms with Crippen LogP contribution >= 0.6 is 0 Å². The van der Waals surface area contributed by atoms with E-state index in [2.05, 4.69) is 39.7 Å². The fraction of sp³-hybridized carbons (Fsp3) is 0.154. The molecule has 0 unspecified atom stereocenters. The molecule has 0 aliphatic heterocycles. The quantitative estimate of drug-likeness (QED) is 0.740. The summed E-state index contributed by atoms with van der Waals surface area (Å²) >= 11 is 0. The van der Waals surface area contributed by atoms with Crippen LogP contribution in [0, 0.1) is 6.92 Å². The highest BCUT2D eigenvalue weighted by atomic mass is 16.2. The molecule has 2 heterocycles. The van der Waals surface area contributed by atoms with Gasteiger partial charge in [-0.15, -0.1) is 5.10 Å². The van der Waals surface area contributed by atoms with Gasteiger partial charge in [0.25, 0.3) is 0 Å². The second-order valence-electron chi connectivity index (χ2n) is 4.30. The molecule has 96 valence electrons. The maximum atomic E-state index is 11.4. The van der Waals surface area contributed by atoms with Crippen LogP contribution in [0.4, 0.5) is 5.82 Å². The van der Waals surface area contributed by atoms with Gasteiger partial charge in [0.1, 0.15) is 5.82 Å². The normalized spacial score (nSPS) is 10.8. The molecule has 0 saturated heterocycles. The first-order chi connectivity index (χ1) is 9.24. The van der Waals surface area contributed by atoms with Crippen molar-refractivity contribution in [3.8, 4) is 0 Å². The van der Waals surface area contributed by atoms with Crippen LogP contribution in [-0.4, -0.2) is 19.8 Å². The highest BCUT2D eigenvalue weighted by molar-refractivity contribution is 5.43. The summed E-state index contributed by atoms with van der Waals surface area (Å²) in [7, 11) is 0. The number of nitrogens with one attached hydrogen (secondary N) is 2. The Hall–Kier alpha value is -2.63. The van der Waals surface area contributed by atoms with Crippen molar-refractivity contribution in [1.29, 1.82) is 0 Å². The lowest BCUT2D eigenvalue weighted by molar-refractivity contribution is 0.875. The Balaban J connectivity index is 1.84. The third kappa shape index (κ3) is 2.20. The summed E-state index contributed by atoms with van der Waals surface area (Å²) in [5, 5.41) is 13.6. The average molecular weight is 255 g/mol. The summed E-state index contributed by atoms with van der Waals surface area (Å²) in [6, 6.07) is 11.7. The molecule has 0 aliphatic rings. The zero-order valence-corrected chi connectivity index (χ0v) is 10.4. The summed E-state index contributed by atoms with van der Waals surface area (Å²) in [6.45, 7) is 2.73. The van der Waals surface area contributed by atoms with Gasteiger partial charge in [-0.2, -0.15) is 9.61 Å². The van der Waals surface area contributed by atoms with E-state index < -0.39 is 0 Å². The minimum atomic E-state index is -0.338. The first-order valence-electron chi connectivity index (χ1n) is 5.97. The number of hydrogen-bond acceptors (Lipinski definition) is 4. The number of aromatic amines is 1. The van der Waals surface area contributed by atoms with E-state index in [1.54, 1.807) is 12.1 Å². The maximum absolute atomic E-state index is 11.4. The highest BCUT2D eigenvalue weighted by Gasteiger charge is 2.03. The van der Waals surface area contributed by atoms with E-state index in [9.17, 15) is 4.79 Å². The number of anilines is 1. The molecule has 0 aliphatic carbocycles. The molecule has 1 aromatic carbocycles. The Morgan fingerprint density at radius 3 is 2.95 bits per heavy atom. The molecule has 3 rings (SSSR count). The zero-order chi connectivity index (χ0) is 13.2. The molecule has 2 N–H and O–H groups in total. The molecular weight excluding hydrogens is 242 g/mol. The van der Waals surface area contributed by atoms with Crippen LogP contribution in [0.5, 0.6) is 0 Å². The molecule has 0 radical (unpaired) electrons. The molecule has 0 spiro atoms. The van der Waals surface area contributed by atoms with E-state index in [4.69, 9.17) is 0 Å². The minimum absolute atomic E-state index is 0.338. The lowest BCUT2D eigenvalue weighted by atomic mass is 10.1. The third-order valence-corrected chi connectivity index (χ3v) is 2.99. The number of fused-ring (bicyclic) bond motifs is 1. The van der Waals surface area contributed by atoms with Gasteiger partial charge in [0.2, 0.25) is 0 Å². The predicted octanol–water partition coefficient (Wildman–Crippen LogP) is 1.34. The van der Waals surface area contributed by atoms with E-state index >= 15 is 0 Å². The van der Waals surface area contributed by atoms with Crippen LogP contribution in [0.15, 0.2) is 41.2 Å². The largest absolute Gasteiger partial charge is 0.365 e. The number of hydrogen-bond donors (Lipinski definition) is 2. The molecule has 0 atom stereocenters. The lowest BCUT2D eigenvalue weighted by Crippen LogP contribution is -2.14. The van der Waals surface area contributed by atoms with Crippen molar-refractivity contribution in [2.75, 3.05) is 5.32 Å². The number of aryl methyl sites for hydroxylation is 1. The molecule has 0 fully saturated rings. The lowest BCUT2D eigenvalue weighted by Gasteiger charge is -2.07. The van der Waals surface area contributed by atoms with E-state index in [1.807, 2.05) is 12.1 Å². The molecule has 6 heteroatoms. The van der Waals surface area contributed by atoms with Gasteiger partial charge in [0.15, 0.2) is 5.65 Å². The second kappa shape index (κ2) is 4.56. The van der Waals surface area contributed by atoms with Crippen molar-refractivity contribution in [3.63, 3.8) is 0 Å². The Bertz CT molecular complexity index is 774. The standard InChI is InChI=1S/C13H13N5O/c1-9-4-2-3-5-10(9)8-14-11-6-7-12-15-16-13(19)18(12)17-11/h2-7H,8H2,1H3,(H,14,17)(H,16,19). The molecule has 3 aromatic rings. The number of aromatic nitrogens is 4. The number of nitrogens with zero attached hydrogens (tertiary/aromatic N) is 3. The monoisotopic (exact) mass is 255 g/mol. The van der Waals surface area contributed by atoms with Crippen LogP contribution < -0.4 is 11.0 Å². The Labute approximate surface area is 109 Å². The number of benzene rings is 1. The van der Waals surface area contributed by atoms with Gasteiger partial charge in [-0.3, -0.25) is 0 Å². The van der Waals surface area contributed by atoms with Gasteiger partial charge < -0.3 is 5.32 Å². The predicted molar refractivity (Wildman–Crippen MR) is 72.1 cm³/mol. The van der Waals surface area contributed by atoms with E-state index in [-0.39, 0.29) is 5.69 Å². The van der Waals surface area contributed by atoms with Crippen LogP contribution in [0.25, 0.3) is 5.65 Å². The molecule has 0 amide bonds. The van der Waals surface area contributed by atoms with Gasteiger partial charge in [-0.25, -0.2) is 9.89 Å². The van der Waals surface area contributed by atoms with Crippen LogP contribution in [0.1, 0.15) is 11.1 Å². The Kier molecular flexibility index (Phi) is 2.75. The number of rotatable bonds is 3. The molecule has 19 heavy (non-hydrogen) atoms. The van der Waals surface area contributed by atoms with E-state index in [0.717, 1.165) is 0 Å². The van der Waals surface area contributed by atoms with Crippen LogP contribution in [-0.2, 0) is 6.54 Å². The van der Waals surface area contributed by atoms with Gasteiger partial charge in [0, 0.05) is 6.54 Å². The minimum Gasteiger partial charge on any atom is -0.365 e. The Morgan fingerprint density at radius 1 is 1.26 bits per heavy atom. The summed E-state index contributed by atoms with van der Waals surface area (Å²) < 4.78 is 1.24. The molecule has 6 nitrogen and oxygen atoms in total. The summed E-state index contributed by atoms with van der Waals surface area (Å²) in [5.41, 5.74) is 2.58. The molecule has 2 aromatic heterocycles. The third-order valence-electron chi connectivity index (χ3n) is 2.99. The van der Waals surface area contributed by atoms with Crippen LogP contribution in [0.3, 0.4) is 0 Å². The summed E-state index contributed by atoms with van der Waals surface area (Å²) in [4.78, 5) is 11.4. The molecular formula is C13H13N5O. The average Bonchev–Trinajstić information content (AvgIpc) is 2.79. The number of H-pyrrole nitrogens is 1. The summed E-state index contributed by atoms with van der Waals surface area (Å²) in [6.07, 6.45) is 0. The van der Waals surface area contributed by atoms with Crippen molar-refractivity contribution in [1.82, 2.24) is 19.8 Å². The highest BCUT2D eigenvalue weighted by Crippen LogP contribution is 2.10. The van der Waals surface area contributed by atoms with Crippen molar-refractivity contribution in [3.05, 3.63) is 58.0 Å². The van der Waals surface area contributed by atoms with Gasteiger partial charge in [-0.05, 0) is 30.2 Å². The van der Waals surface area contributed by atoms with Crippen molar-refractivity contribution < 1.29 is 0 Å². The second-order valence-corrected chi connectivity index (χ2v) is 4.30. The van der Waals surface area contributed by atoms with Crippen molar-refractivity contribution >= 4 is 11.5 Å². The first-order valence-corrected chi connectivity index (χ1v) is 5.97. The molecule has 0 bridgehead atoms. The molecule has 0 saturated carbocycles. The maximum Gasteiger partial charge on any atom is 0.364 e. The van der Waals surface area contributed by atoms with E-state index in [0.29, 0.717) is 18.0 Å². The topological polar surface area (TPSA) is 75.1 Å². The van der Waals surface area contributed by atoms with Crippen molar-refractivity contribution in [2.24, 2.45) is 0 Å².